The maximum absolute atomic E-state index is 7.82. The number of fused-ring (bicyclic) bond motifs is 1. The molecule has 0 radical (unpaired) electrons. The van der Waals surface area contributed by atoms with Crippen molar-refractivity contribution in [1.82, 2.24) is 0 Å². The summed E-state index contributed by atoms with van der Waals surface area (Å²) in [5.74, 6) is 0. The van der Waals surface area contributed by atoms with Crippen LogP contribution in [0.3, 0.4) is 0 Å². The molecule has 2 aliphatic rings. The quantitative estimate of drug-likeness (QED) is 0.401. The first-order valence-electron chi connectivity index (χ1n) is 4.72. The van der Waals surface area contributed by atoms with Gasteiger partial charge in [-0.3, -0.25) is 0 Å². The van der Waals surface area contributed by atoms with Crippen LogP contribution in [0.4, 0.5) is 0 Å². The highest BCUT2D eigenvalue weighted by molar-refractivity contribution is 5.21. The van der Waals surface area contributed by atoms with Crippen LogP contribution in [0.1, 0.15) is 40.5 Å². The third-order valence-corrected chi connectivity index (χ3v) is 4.08. The van der Waals surface area contributed by atoms with Crippen molar-refractivity contribution in [2.75, 3.05) is 0 Å². The highest BCUT2D eigenvalue weighted by Gasteiger charge is 2.74. The van der Waals surface area contributed by atoms with Crippen LogP contribution >= 0.6 is 0 Å². The van der Waals surface area contributed by atoms with Crippen LogP contribution in [0.5, 0.6) is 0 Å². The fourth-order valence-electron chi connectivity index (χ4n) is 2.87. The summed E-state index contributed by atoms with van der Waals surface area (Å²) in [5, 5.41) is 7.82. The molecular weight excluding hydrogens is 152 g/mol. The minimum atomic E-state index is 0.00116. The second-order valence-corrected chi connectivity index (χ2v) is 5.36. The van der Waals surface area contributed by atoms with E-state index >= 15 is 0 Å². The summed E-state index contributed by atoms with van der Waals surface area (Å²) < 4.78 is 5.82. The van der Waals surface area contributed by atoms with Crippen molar-refractivity contribution in [3.05, 3.63) is 0 Å². The molecule has 1 saturated carbocycles. The van der Waals surface area contributed by atoms with Gasteiger partial charge in [0.2, 0.25) is 0 Å². The lowest BCUT2D eigenvalue weighted by atomic mass is 9.64. The lowest BCUT2D eigenvalue weighted by Gasteiger charge is -2.36. The van der Waals surface area contributed by atoms with Gasteiger partial charge in [0.25, 0.3) is 0 Å². The maximum atomic E-state index is 7.82. The van der Waals surface area contributed by atoms with Crippen LogP contribution in [0.2, 0.25) is 0 Å². The highest BCUT2D eigenvalue weighted by Crippen LogP contribution is 2.64. The molecule has 0 aromatic heterocycles. The minimum absolute atomic E-state index is 0.00116. The van der Waals surface area contributed by atoms with E-state index in [1.54, 1.807) is 0 Å². The van der Waals surface area contributed by atoms with Gasteiger partial charge in [-0.05, 0) is 13.8 Å². The van der Waals surface area contributed by atoms with Crippen molar-refractivity contribution in [2.24, 2.45) is 5.41 Å². The average Bonchev–Trinajstić information content (AvgIpc) is 2.32. The van der Waals surface area contributed by atoms with Crippen molar-refractivity contribution in [3.8, 4) is 0 Å². The van der Waals surface area contributed by atoms with Crippen molar-refractivity contribution in [2.45, 2.75) is 57.8 Å². The summed E-state index contributed by atoms with van der Waals surface area (Å²) in [6.45, 7) is 8.78. The van der Waals surface area contributed by atoms with Crippen molar-refractivity contribution in [1.29, 1.82) is 0 Å². The normalized spacial score (nSPS) is 56.2. The molecule has 2 rings (SSSR count). The van der Waals surface area contributed by atoms with Crippen molar-refractivity contribution >= 4 is 0 Å². The fraction of sp³-hybridized carbons (Fsp3) is 1.00. The maximum Gasteiger partial charge on any atom is 0.157 e. The van der Waals surface area contributed by atoms with Crippen molar-refractivity contribution in [3.63, 3.8) is 0 Å². The van der Waals surface area contributed by atoms with E-state index in [9.17, 15) is 0 Å². The Bertz CT molecular complexity index is 224. The van der Waals surface area contributed by atoms with Crippen LogP contribution in [-0.4, -0.2) is 22.4 Å². The summed E-state index contributed by atoms with van der Waals surface area (Å²) in [4.78, 5) is 0. The molecule has 2 fully saturated rings. The van der Waals surface area contributed by atoms with Gasteiger partial charge in [0.1, 0.15) is 11.2 Å². The van der Waals surface area contributed by atoms with Gasteiger partial charge in [-0.2, -0.15) is 0 Å². The van der Waals surface area contributed by atoms with Crippen LogP contribution in [0.15, 0.2) is 0 Å². The number of ether oxygens (including phenoxy) is 1. The Kier molecular flexibility index (Phi) is 1.33. The SMILES string of the molecule is CC1(C)CC([OH2+])CC2(C)OC12C. The average molecular weight is 171 g/mol. The molecule has 2 N–H and O–H groups in total. The Morgan fingerprint density at radius 2 is 1.75 bits per heavy atom. The van der Waals surface area contributed by atoms with E-state index < -0.39 is 0 Å². The molecule has 0 amide bonds. The summed E-state index contributed by atoms with van der Waals surface area (Å²) in [7, 11) is 0. The van der Waals surface area contributed by atoms with Gasteiger partial charge in [-0.15, -0.1) is 0 Å². The van der Waals surface area contributed by atoms with E-state index in [-0.39, 0.29) is 22.7 Å². The third kappa shape index (κ3) is 0.775. The van der Waals surface area contributed by atoms with E-state index in [0.717, 1.165) is 12.8 Å². The summed E-state index contributed by atoms with van der Waals surface area (Å²) in [6.07, 6.45) is 1.95. The van der Waals surface area contributed by atoms with Gasteiger partial charge in [-0.1, -0.05) is 13.8 Å². The van der Waals surface area contributed by atoms with E-state index in [1.165, 1.54) is 0 Å². The van der Waals surface area contributed by atoms with Crippen LogP contribution in [0.25, 0.3) is 0 Å². The minimum Gasteiger partial charge on any atom is -0.443 e. The molecule has 1 aliphatic heterocycles. The van der Waals surface area contributed by atoms with Gasteiger partial charge < -0.3 is 9.84 Å². The molecule has 1 aliphatic carbocycles. The molecule has 70 valence electrons. The van der Waals surface area contributed by atoms with Crippen LogP contribution in [-0.2, 0) is 4.74 Å². The van der Waals surface area contributed by atoms with Crippen LogP contribution in [0, 0.1) is 5.41 Å². The first kappa shape index (κ1) is 8.52. The zero-order chi connectivity index (χ0) is 9.20. The smallest absolute Gasteiger partial charge is 0.157 e. The fourth-order valence-corrected chi connectivity index (χ4v) is 2.87. The Morgan fingerprint density at radius 3 is 2.25 bits per heavy atom. The molecule has 2 nitrogen and oxygen atoms in total. The van der Waals surface area contributed by atoms with Gasteiger partial charge >= 0.3 is 0 Å². The number of epoxide rings is 1. The summed E-state index contributed by atoms with van der Waals surface area (Å²) in [6, 6.07) is 0. The molecule has 12 heavy (non-hydrogen) atoms. The molecule has 0 aromatic rings. The zero-order valence-corrected chi connectivity index (χ0v) is 8.40. The second-order valence-electron chi connectivity index (χ2n) is 5.36. The molecule has 0 bridgehead atoms. The molecule has 3 unspecified atom stereocenters. The Hall–Kier alpha value is -0.0800. The van der Waals surface area contributed by atoms with Gasteiger partial charge in [0.15, 0.2) is 6.10 Å². The van der Waals surface area contributed by atoms with Crippen molar-refractivity contribution < 1.29 is 9.84 Å². The highest BCUT2D eigenvalue weighted by atomic mass is 16.6. The molecular formula is C10H19O2+. The number of hydrogen-bond donors (Lipinski definition) is 0. The van der Waals surface area contributed by atoms with E-state index in [2.05, 4.69) is 27.7 Å². The standard InChI is InChI=1S/C10H18O2/c1-8(2)5-7(11)6-9(3)10(8,4)12-9/h7,11H,5-6H2,1-4H3/p+1. The predicted octanol–water partition coefficient (Wildman–Crippen LogP) is 1.45. The first-order chi connectivity index (χ1) is 5.31. The summed E-state index contributed by atoms with van der Waals surface area (Å²) in [5.41, 5.74) is 0.213. The summed E-state index contributed by atoms with van der Waals surface area (Å²) >= 11 is 0. The van der Waals surface area contributed by atoms with E-state index in [1.807, 2.05) is 0 Å². The molecule has 0 spiro atoms. The van der Waals surface area contributed by atoms with Gasteiger partial charge in [0, 0.05) is 11.8 Å². The lowest BCUT2D eigenvalue weighted by Crippen LogP contribution is -2.45. The predicted molar refractivity (Wildman–Crippen MR) is 48.3 cm³/mol. The van der Waals surface area contributed by atoms with E-state index in [4.69, 9.17) is 9.84 Å². The Balaban J connectivity index is 2.30. The monoisotopic (exact) mass is 171 g/mol. The Labute approximate surface area is 73.9 Å². The molecule has 0 aromatic carbocycles. The number of rotatable bonds is 0. The zero-order valence-electron chi connectivity index (χ0n) is 8.40. The third-order valence-electron chi connectivity index (χ3n) is 4.08. The lowest BCUT2D eigenvalue weighted by molar-refractivity contribution is 0.0421. The van der Waals surface area contributed by atoms with Gasteiger partial charge in [0.05, 0.1) is 6.42 Å². The topological polar surface area (TPSA) is 35.4 Å². The molecule has 2 heteroatoms. The van der Waals surface area contributed by atoms with Gasteiger partial charge in [-0.25, -0.2) is 0 Å². The van der Waals surface area contributed by atoms with Crippen LogP contribution < -0.4 is 0 Å². The number of hydrogen-bond acceptors (Lipinski definition) is 1. The molecule has 1 heterocycles. The second kappa shape index (κ2) is 1.88. The first-order valence-corrected chi connectivity index (χ1v) is 4.72. The Morgan fingerprint density at radius 1 is 1.17 bits per heavy atom. The molecule has 3 atom stereocenters. The van der Waals surface area contributed by atoms with E-state index in [0.29, 0.717) is 0 Å². The largest absolute Gasteiger partial charge is 0.443 e. The molecule has 1 saturated heterocycles.